The Labute approximate surface area is 79.4 Å². The Kier molecular flexibility index (Phi) is 3.71. The van der Waals surface area contributed by atoms with Crippen LogP contribution in [0.3, 0.4) is 0 Å². The first-order valence-electron chi connectivity index (χ1n) is 4.66. The minimum Gasteiger partial charge on any atom is -0.383 e. The van der Waals surface area contributed by atoms with E-state index in [-0.39, 0.29) is 0 Å². The SMILES string of the molecule is CCC(C)NCc1cccnc1N. The molecule has 0 aliphatic carbocycles. The molecule has 3 N–H and O–H groups in total. The fraction of sp³-hybridized carbons (Fsp3) is 0.500. The molecule has 0 spiro atoms. The van der Waals surface area contributed by atoms with Crippen molar-refractivity contribution in [1.29, 1.82) is 0 Å². The van der Waals surface area contributed by atoms with Crippen LogP contribution in [0.2, 0.25) is 0 Å². The van der Waals surface area contributed by atoms with E-state index < -0.39 is 0 Å². The molecule has 0 aliphatic heterocycles. The summed E-state index contributed by atoms with van der Waals surface area (Å²) >= 11 is 0. The standard InChI is InChI=1S/C10H17N3/c1-3-8(2)13-7-9-5-4-6-12-10(9)11/h4-6,8,13H,3,7H2,1-2H3,(H2,11,12). The summed E-state index contributed by atoms with van der Waals surface area (Å²) in [4.78, 5) is 4.02. The van der Waals surface area contributed by atoms with Crippen molar-refractivity contribution in [3.05, 3.63) is 23.9 Å². The second-order valence-corrected chi connectivity index (χ2v) is 3.24. The summed E-state index contributed by atoms with van der Waals surface area (Å²) in [5.41, 5.74) is 6.77. The second kappa shape index (κ2) is 4.82. The maximum atomic E-state index is 5.70. The third kappa shape index (κ3) is 3.03. The molecule has 1 atom stereocenters. The maximum Gasteiger partial charge on any atom is 0.127 e. The largest absolute Gasteiger partial charge is 0.383 e. The summed E-state index contributed by atoms with van der Waals surface area (Å²) in [6, 6.07) is 4.43. The highest BCUT2D eigenvalue weighted by Gasteiger charge is 2.00. The third-order valence-electron chi connectivity index (χ3n) is 2.18. The summed E-state index contributed by atoms with van der Waals surface area (Å²) < 4.78 is 0. The highest BCUT2D eigenvalue weighted by molar-refractivity contribution is 5.38. The lowest BCUT2D eigenvalue weighted by atomic mass is 10.2. The van der Waals surface area contributed by atoms with Crippen LogP contribution in [0.1, 0.15) is 25.8 Å². The Morgan fingerprint density at radius 1 is 1.62 bits per heavy atom. The predicted molar refractivity (Wildman–Crippen MR) is 55.2 cm³/mol. The summed E-state index contributed by atoms with van der Waals surface area (Å²) in [5, 5.41) is 3.37. The molecule has 0 bridgehead atoms. The quantitative estimate of drug-likeness (QED) is 0.737. The van der Waals surface area contributed by atoms with Gasteiger partial charge in [0.2, 0.25) is 0 Å². The lowest BCUT2D eigenvalue weighted by Crippen LogP contribution is -2.24. The number of nitrogen functional groups attached to an aromatic ring is 1. The second-order valence-electron chi connectivity index (χ2n) is 3.24. The Bertz CT molecular complexity index is 260. The number of anilines is 1. The Morgan fingerprint density at radius 3 is 3.00 bits per heavy atom. The van der Waals surface area contributed by atoms with Gasteiger partial charge in [-0.15, -0.1) is 0 Å². The van der Waals surface area contributed by atoms with Gasteiger partial charge in [0.25, 0.3) is 0 Å². The molecule has 13 heavy (non-hydrogen) atoms. The van der Waals surface area contributed by atoms with Gasteiger partial charge in [0.15, 0.2) is 0 Å². The van der Waals surface area contributed by atoms with Crippen LogP contribution >= 0.6 is 0 Å². The number of rotatable bonds is 4. The van der Waals surface area contributed by atoms with E-state index in [1.165, 1.54) is 0 Å². The molecular formula is C10H17N3. The van der Waals surface area contributed by atoms with Crippen LogP contribution in [0.5, 0.6) is 0 Å². The van der Waals surface area contributed by atoms with Crippen LogP contribution < -0.4 is 11.1 Å². The van der Waals surface area contributed by atoms with Crippen molar-refractivity contribution >= 4 is 5.82 Å². The number of pyridine rings is 1. The van der Waals surface area contributed by atoms with Gasteiger partial charge in [-0.05, 0) is 19.4 Å². The molecule has 1 unspecified atom stereocenters. The topological polar surface area (TPSA) is 50.9 Å². The molecular weight excluding hydrogens is 162 g/mol. The third-order valence-corrected chi connectivity index (χ3v) is 2.18. The van der Waals surface area contributed by atoms with Crippen molar-refractivity contribution in [2.75, 3.05) is 5.73 Å². The zero-order valence-corrected chi connectivity index (χ0v) is 8.25. The molecule has 1 heterocycles. The lowest BCUT2D eigenvalue weighted by molar-refractivity contribution is 0.534. The molecule has 0 radical (unpaired) electrons. The first-order valence-corrected chi connectivity index (χ1v) is 4.66. The minimum absolute atomic E-state index is 0.527. The fourth-order valence-electron chi connectivity index (χ4n) is 1.03. The van der Waals surface area contributed by atoms with E-state index in [0.717, 1.165) is 18.5 Å². The summed E-state index contributed by atoms with van der Waals surface area (Å²) in [6.45, 7) is 5.12. The zero-order valence-electron chi connectivity index (χ0n) is 8.25. The molecule has 3 nitrogen and oxygen atoms in total. The number of nitrogens with two attached hydrogens (primary N) is 1. The molecule has 0 saturated carbocycles. The first kappa shape index (κ1) is 9.99. The molecule has 72 valence electrons. The monoisotopic (exact) mass is 179 g/mol. The van der Waals surface area contributed by atoms with E-state index in [1.54, 1.807) is 6.20 Å². The minimum atomic E-state index is 0.527. The molecule has 0 aromatic carbocycles. The maximum absolute atomic E-state index is 5.70. The molecule has 0 amide bonds. The lowest BCUT2D eigenvalue weighted by Gasteiger charge is -2.11. The van der Waals surface area contributed by atoms with E-state index in [0.29, 0.717) is 11.9 Å². The van der Waals surface area contributed by atoms with E-state index in [9.17, 15) is 0 Å². The van der Waals surface area contributed by atoms with E-state index in [1.807, 2.05) is 12.1 Å². The van der Waals surface area contributed by atoms with Crippen LogP contribution in [0.15, 0.2) is 18.3 Å². The highest BCUT2D eigenvalue weighted by atomic mass is 14.9. The Hall–Kier alpha value is -1.09. The summed E-state index contributed by atoms with van der Waals surface area (Å²) in [6.07, 6.45) is 2.84. The van der Waals surface area contributed by atoms with Crippen molar-refractivity contribution in [3.8, 4) is 0 Å². The number of hydrogen-bond donors (Lipinski definition) is 2. The highest BCUT2D eigenvalue weighted by Crippen LogP contribution is 2.06. The summed E-state index contributed by atoms with van der Waals surface area (Å²) in [7, 11) is 0. The van der Waals surface area contributed by atoms with Gasteiger partial charge in [0, 0.05) is 24.3 Å². The average molecular weight is 179 g/mol. The van der Waals surface area contributed by atoms with Crippen molar-refractivity contribution in [2.24, 2.45) is 0 Å². The molecule has 1 rings (SSSR count). The fourth-order valence-corrected chi connectivity index (χ4v) is 1.03. The number of hydrogen-bond acceptors (Lipinski definition) is 3. The van der Waals surface area contributed by atoms with Crippen LogP contribution in [0, 0.1) is 0 Å². The molecule has 0 aliphatic rings. The van der Waals surface area contributed by atoms with Gasteiger partial charge < -0.3 is 11.1 Å². The Morgan fingerprint density at radius 2 is 2.38 bits per heavy atom. The van der Waals surface area contributed by atoms with Crippen LogP contribution in [-0.2, 0) is 6.54 Å². The van der Waals surface area contributed by atoms with Gasteiger partial charge >= 0.3 is 0 Å². The Balaban J connectivity index is 2.50. The molecule has 0 fully saturated rings. The van der Waals surface area contributed by atoms with Crippen molar-refractivity contribution in [1.82, 2.24) is 10.3 Å². The average Bonchev–Trinajstić information content (AvgIpc) is 2.16. The predicted octanol–water partition coefficient (Wildman–Crippen LogP) is 1.55. The van der Waals surface area contributed by atoms with E-state index in [2.05, 4.69) is 24.1 Å². The normalized spacial score (nSPS) is 12.8. The van der Waals surface area contributed by atoms with Crippen LogP contribution in [0.4, 0.5) is 5.82 Å². The molecule has 3 heteroatoms. The zero-order chi connectivity index (χ0) is 9.68. The van der Waals surface area contributed by atoms with Crippen molar-refractivity contribution in [3.63, 3.8) is 0 Å². The molecule has 1 aromatic heterocycles. The van der Waals surface area contributed by atoms with Crippen LogP contribution in [0.25, 0.3) is 0 Å². The van der Waals surface area contributed by atoms with Gasteiger partial charge in [0.05, 0.1) is 0 Å². The number of aromatic nitrogens is 1. The van der Waals surface area contributed by atoms with Crippen LogP contribution in [-0.4, -0.2) is 11.0 Å². The van der Waals surface area contributed by atoms with Crippen molar-refractivity contribution in [2.45, 2.75) is 32.9 Å². The van der Waals surface area contributed by atoms with E-state index in [4.69, 9.17) is 5.73 Å². The van der Waals surface area contributed by atoms with Gasteiger partial charge in [0.1, 0.15) is 5.82 Å². The molecule has 1 aromatic rings. The number of nitrogens with one attached hydrogen (secondary N) is 1. The molecule has 0 saturated heterocycles. The smallest absolute Gasteiger partial charge is 0.127 e. The van der Waals surface area contributed by atoms with Gasteiger partial charge in [-0.2, -0.15) is 0 Å². The summed E-state index contributed by atoms with van der Waals surface area (Å²) in [5.74, 6) is 0.623. The first-order chi connectivity index (χ1) is 6.24. The van der Waals surface area contributed by atoms with Gasteiger partial charge in [-0.3, -0.25) is 0 Å². The van der Waals surface area contributed by atoms with Crippen molar-refractivity contribution < 1.29 is 0 Å². The number of nitrogens with zero attached hydrogens (tertiary/aromatic N) is 1. The van der Waals surface area contributed by atoms with E-state index >= 15 is 0 Å². The van der Waals surface area contributed by atoms with Gasteiger partial charge in [-0.1, -0.05) is 13.0 Å². The van der Waals surface area contributed by atoms with Gasteiger partial charge in [-0.25, -0.2) is 4.98 Å².